The summed E-state index contributed by atoms with van der Waals surface area (Å²) in [5.74, 6) is -1.46. The van der Waals surface area contributed by atoms with E-state index in [1.165, 1.54) is 11.1 Å². The number of alkyl carbamates (subject to hydrolysis) is 1. The van der Waals surface area contributed by atoms with Crippen LogP contribution in [0.5, 0.6) is 0 Å². The van der Waals surface area contributed by atoms with Crippen LogP contribution in [0.4, 0.5) is 4.79 Å². The van der Waals surface area contributed by atoms with Gasteiger partial charge in [-0.05, 0) is 42.0 Å². The average Bonchev–Trinajstić information content (AvgIpc) is 3.34. The second-order valence-electron chi connectivity index (χ2n) is 9.60. The number of likely N-dealkylation sites (tertiary alicyclic amines) is 1. The molecule has 33 heavy (non-hydrogen) atoms. The minimum absolute atomic E-state index is 0.0210. The predicted molar refractivity (Wildman–Crippen MR) is 122 cm³/mol. The number of benzene rings is 2. The average molecular weight is 449 g/mol. The van der Waals surface area contributed by atoms with Crippen LogP contribution in [0.25, 0.3) is 11.1 Å². The molecule has 7 heteroatoms. The Kier molecular flexibility index (Phi) is 5.35. The zero-order chi connectivity index (χ0) is 23.2. The maximum absolute atomic E-state index is 12.7. The lowest BCUT2D eigenvalue weighted by Crippen LogP contribution is -2.39. The molecule has 5 rings (SSSR count). The number of nitrogens with one attached hydrogen (secondary N) is 1. The van der Waals surface area contributed by atoms with Gasteiger partial charge in [0.1, 0.15) is 6.61 Å². The first-order valence-corrected chi connectivity index (χ1v) is 11.5. The van der Waals surface area contributed by atoms with E-state index in [1.807, 2.05) is 24.3 Å². The van der Waals surface area contributed by atoms with E-state index in [0.29, 0.717) is 6.54 Å². The van der Waals surface area contributed by atoms with Gasteiger partial charge in [0, 0.05) is 36.9 Å². The quantitative estimate of drug-likeness (QED) is 0.704. The number of amides is 2. The summed E-state index contributed by atoms with van der Waals surface area (Å²) in [5, 5.41) is 12.2. The number of aliphatic carboxylic acids is 1. The monoisotopic (exact) mass is 448 g/mol. The van der Waals surface area contributed by atoms with Crippen molar-refractivity contribution in [3.63, 3.8) is 0 Å². The number of hydrogen-bond donors (Lipinski definition) is 2. The number of carbonyl (C=O) groups is 3. The molecule has 1 saturated heterocycles. The van der Waals surface area contributed by atoms with Crippen LogP contribution >= 0.6 is 0 Å². The first-order valence-electron chi connectivity index (χ1n) is 11.5. The summed E-state index contributed by atoms with van der Waals surface area (Å²) in [5.41, 5.74) is 4.39. The lowest BCUT2D eigenvalue weighted by molar-refractivity contribution is -0.143. The predicted octanol–water partition coefficient (Wildman–Crippen LogP) is 3.63. The summed E-state index contributed by atoms with van der Waals surface area (Å²) in [6, 6.07) is 15.9. The van der Waals surface area contributed by atoms with Crippen LogP contribution in [-0.4, -0.2) is 53.7 Å². The zero-order valence-electron chi connectivity index (χ0n) is 18.6. The Morgan fingerprint density at radius 3 is 2.24 bits per heavy atom. The number of fused-ring (bicyclic) bond motifs is 3. The minimum atomic E-state index is -0.826. The van der Waals surface area contributed by atoms with Crippen molar-refractivity contribution in [3.05, 3.63) is 59.7 Å². The largest absolute Gasteiger partial charge is 0.481 e. The van der Waals surface area contributed by atoms with Crippen molar-refractivity contribution in [1.29, 1.82) is 0 Å². The Morgan fingerprint density at radius 2 is 1.70 bits per heavy atom. The number of carbonyl (C=O) groups excluding carboxylic acids is 2. The Labute approximate surface area is 192 Å². The van der Waals surface area contributed by atoms with Gasteiger partial charge in [0.25, 0.3) is 0 Å². The zero-order valence-corrected chi connectivity index (χ0v) is 18.6. The van der Waals surface area contributed by atoms with Gasteiger partial charge in [-0.15, -0.1) is 0 Å². The molecule has 1 heterocycles. The molecule has 7 nitrogen and oxygen atoms in total. The highest BCUT2D eigenvalue weighted by molar-refractivity contribution is 5.81. The topological polar surface area (TPSA) is 95.9 Å². The number of hydrogen-bond acceptors (Lipinski definition) is 4. The van der Waals surface area contributed by atoms with Crippen LogP contribution in [0.1, 0.15) is 43.2 Å². The minimum Gasteiger partial charge on any atom is -0.481 e. The third-order valence-corrected chi connectivity index (χ3v) is 7.38. The van der Waals surface area contributed by atoms with Crippen LogP contribution in [0.2, 0.25) is 0 Å². The Hall–Kier alpha value is -3.35. The van der Waals surface area contributed by atoms with Crippen molar-refractivity contribution in [2.24, 2.45) is 11.3 Å². The van der Waals surface area contributed by atoms with Crippen LogP contribution in [-0.2, 0) is 14.3 Å². The number of carboxylic acids is 1. The van der Waals surface area contributed by atoms with Crippen molar-refractivity contribution in [2.75, 3.05) is 19.7 Å². The molecule has 1 aliphatic heterocycles. The Balaban J connectivity index is 1.15. The summed E-state index contributed by atoms with van der Waals surface area (Å²) in [7, 11) is 0. The fourth-order valence-corrected chi connectivity index (χ4v) is 5.45. The maximum Gasteiger partial charge on any atom is 0.407 e. The van der Waals surface area contributed by atoms with E-state index in [9.17, 15) is 19.5 Å². The molecular weight excluding hydrogens is 420 g/mol. The van der Waals surface area contributed by atoms with Gasteiger partial charge in [0.05, 0.1) is 5.92 Å². The van der Waals surface area contributed by atoms with Gasteiger partial charge < -0.3 is 20.1 Å². The lowest BCUT2D eigenvalue weighted by Gasteiger charge is -2.20. The molecule has 1 saturated carbocycles. The van der Waals surface area contributed by atoms with Crippen molar-refractivity contribution < 1.29 is 24.2 Å². The number of nitrogens with zero attached hydrogens (tertiary/aromatic N) is 1. The molecule has 2 aliphatic carbocycles. The molecule has 2 amide bonds. The van der Waals surface area contributed by atoms with E-state index in [1.54, 1.807) is 11.8 Å². The summed E-state index contributed by atoms with van der Waals surface area (Å²) in [4.78, 5) is 38.3. The fraction of sp³-hybridized carbons (Fsp3) is 0.423. The molecule has 172 valence electrons. The van der Waals surface area contributed by atoms with Gasteiger partial charge in [0.15, 0.2) is 0 Å². The van der Waals surface area contributed by atoms with E-state index < -0.39 is 24.0 Å². The molecule has 2 N–H and O–H groups in total. The van der Waals surface area contributed by atoms with E-state index in [2.05, 4.69) is 29.6 Å². The summed E-state index contributed by atoms with van der Waals surface area (Å²) >= 11 is 0. The summed E-state index contributed by atoms with van der Waals surface area (Å²) in [6.07, 6.45) is 1.29. The normalized spacial score (nSPS) is 20.8. The number of ether oxygens (including phenoxy) is 1. The van der Waals surface area contributed by atoms with Crippen LogP contribution < -0.4 is 5.32 Å². The number of rotatable bonds is 6. The first kappa shape index (κ1) is 21.5. The van der Waals surface area contributed by atoms with Gasteiger partial charge in [-0.3, -0.25) is 9.59 Å². The van der Waals surface area contributed by atoms with Gasteiger partial charge in [0.2, 0.25) is 5.91 Å². The molecule has 3 aliphatic rings. The molecule has 0 aromatic heterocycles. The first-order chi connectivity index (χ1) is 15.9. The SMILES string of the molecule is CC(CC(=O)N1CC(C(=O)O)C2(CC2)C1)NC(=O)OCC1c2ccccc2-c2ccccc21. The standard InChI is InChI=1S/C26H28N2O5/c1-16(12-23(29)28-13-22(24(30)31)26(15-28)10-11-26)27-25(32)33-14-21-19-8-4-2-6-17(19)18-7-3-5-9-20(18)21/h2-9,16,21-22H,10-15H2,1H3,(H,27,32)(H,30,31). The highest BCUT2D eigenvalue weighted by atomic mass is 16.5. The Bertz CT molecular complexity index is 1060. The molecule has 2 aromatic carbocycles. The molecule has 0 bridgehead atoms. The van der Waals surface area contributed by atoms with Crippen molar-refractivity contribution in [3.8, 4) is 11.1 Å². The van der Waals surface area contributed by atoms with E-state index in [4.69, 9.17) is 4.74 Å². The second-order valence-corrected chi connectivity index (χ2v) is 9.60. The number of carboxylic acid groups (broad SMARTS) is 1. The molecule has 0 radical (unpaired) electrons. The van der Waals surface area contributed by atoms with Crippen molar-refractivity contribution >= 4 is 18.0 Å². The molecule has 2 aromatic rings. The van der Waals surface area contributed by atoms with Crippen LogP contribution in [0.15, 0.2) is 48.5 Å². The molecule has 1 spiro atoms. The van der Waals surface area contributed by atoms with Gasteiger partial charge in [-0.25, -0.2) is 4.79 Å². The van der Waals surface area contributed by atoms with Crippen molar-refractivity contribution in [1.82, 2.24) is 10.2 Å². The van der Waals surface area contributed by atoms with Gasteiger partial charge in [-0.2, -0.15) is 0 Å². The van der Waals surface area contributed by atoms with Crippen LogP contribution in [0.3, 0.4) is 0 Å². The third-order valence-electron chi connectivity index (χ3n) is 7.38. The van der Waals surface area contributed by atoms with Crippen LogP contribution in [0, 0.1) is 11.3 Å². The molecule has 2 unspecified atom stereocenters. The highest BCUT2D eigenvalue weighted by Crippen LogP contribution is 2.56. The second kappa shape index (κ2) is 8.21. The molecular formula is C26H28N2O5. The van der Waals surface area contributed by atoms with Gasteiger partial charge >= 0.3 is 12.1 Å². The van der Waals surface area contributed by atoms with Gasteiger partial charge in [-0.1, -0.05) is 48.5 Å². The van der Waals surface area contributed by atoms with E-state index in [-0.39, 0.29) is 36.8 Å². The third kappa shape index (κ3) is 3.96. The lowest BCUT2D eigenvalue weighted by atomic mass is 9.93. The molecule has 2 atom stereocenters. The fourth-order valence-electron chi connectivity index (χ4n) is 5.45. The van der Waals surface area contributed by atoms with Crippen molar-refractivity contribution in [2.45, 2.75) is 38.1 Å². The highest BCUT2D eigenvalue weighted by Gasteiger charge is 2.58. The Morgan fingerprint density at radius 1 is 1.09 bits per heavy atom. The van der Waals surface area contributed by atoms with E-state index in [0.717, 1.165) is 24.0 Å². The smallest absolute Gasteiger partial charge is 0.407 e. The van der Waals surface area contributed by atoms with E-state index >= 15 is 0 Å². The summed E-state index contributed by atoms with van der Waals surface area (Å²) < 4.78 is 5.56. The molecule has 2 fully saturated rings. The maximum atomic E-state index is 12.7. The summed E-state index contributed by atoms with van der Waals surface area (Å²) in [6.45, 7) is 2.73.